The van der Waals surface area contributed by atoms with Crippen LogP contribution < -0.4 is 11.1 Å². The van der Waals surface area contributed by atoms with E-state index in [1.54, 1.807) is 24.4 Å². The van der Waals surface area contributed by atoms with E-state index in [-0.39, 0.29) is 17.8 Å². The van der Waals surface area contributed by atoms with Crippen molar-refractivity contribution in [3.05, 3.63) is 48.0 Å². The normalized spacial score (nSPS) is 14.5. The Bertz CT molecular complexity index is 705. The lowest BCUT2D eigenvalue weighted by atomic mass is 10.1. The second-order valence-electron chi connectivity index (χ2n) is 5.22. The number of primary amides is 1. The number of benzene rings is 1. The first-order chi connectivity index (χ1) is 10.5. The number of halogens is 1. The molecule has 2 heterocycles. The molecule has 3 amide bonds. The minimum Gasteiger partial charge on any atom is -0.357 e. The number of carbonyl (C=O) groups excluding carboxylic acids is 2. The van der Waals surface area contributed by atoms with Gasteiger partial charge in [0, 0.05) is 19.3 Å². The van der Waals surface area contributed by atoms with Crippen LogP contribution in [0.2, 0.25) is 0 Å². The van der Waals surface area contributed by atoms with E-state index in [0.717, 1.165) is 11.1 Å². The van der Waals surface area contributed by atoms with Crippen molar-refractivity contribution < 1.29 is 14.0 Å². The molecule has 1 aliphatic heterocycles. The summed E-state index contributed by atoms with van der Waals surface area (Å²) in [7, 11) is 0. The molecule has 0 atom stereocenters. The maximum Gasteiger partial charge on any atom is 0.314 e. The number of aromatic amines is 1. The van der Waals surface area contributed by atoms with Gasteiger partial charge in [-0.25, -0.2) is 9.18 Å². The Hall–Kier alpha value is -2.83. The summed E-state index contributed by atoms with van der Waals surface area (Å²) in [4.78, 5) is 27.3. The summed E-state index contributed by atoms with van der Waals surface area (Å²) in [6.45, 7) is 0.846. The molecule has 6 nitrogen and oxygen atoms in total. The molecule has 1 aromatic carbocycles. The first kappa shape index (κ1) is 14.1. The zero-order valence-corrected chi connectivity index (χ0v) is 11.7. The fourth-order valence-electron chi connectivity index (χ4n) is 2.35. The number of nitrogens with two attached hydrogens (primary N) is 1. The van der Waals surface area contributed by atoms with E-state index in [0.29, 0.717) is 18.8 Å². The van der Waals surface area contributed by atoms with Crippen molar-refractivity contribution in [1.82, 2.24) is 15.2 Å². The lowest BCUT2D eigenvalue weighted by molar-refractivity contribution is 0.0857. The topological polar surface area (TPSA) is 91.2 Å². The molecule has 22 heavy (non-hydrogen) atoms. The molecule has 2 aromatic rings. The number of nitrogens with zero attached hydrogens (tertiary/aromatic N) is 1. The number of likely N-dealkylation sites (tertiary alicyclic amines) is 1. The van der Waals surface area contributed by atoms with Gasteiger partial charge in [0.15, 0.2) is 0 Å². The Morgan fingerprint density at radius 1 is 1.23 bits per heavy atom. The van der Waals surface area contributed by atoms with Crippen molar-refractivity contribution in [3.8, 4) is 11.1 Å². The Labute approximate surface area is 126 Å². The van der Waals surface area contributed by atoms with Crippen LogP contribution >= 0.6 is 0 Å². The lowest BCUT2D eigenvalue weighted by Crippen LogP contribution is -2.62. The molecule has 0 spiro atoms. The number of H-pyrrole nitrogens is 1. The van der Waals surface area contributed by atoms with Gasteiger partial charge in [-0.15, -0.1) is 0 Å². The van der Waals surface area contributed by atoms with Gasteiger partial charge in [0.1, 0.15) is 11.5 Å². The molecular formula is C15H15FN4O2. The highest BCUT2D eigenvalue weighted by atomic mass is 19.1. The van der Waals surface area contributed by atoms with Crippen LogP contribution in [0, 0.1) is 5.82 Å². The number of carbonyl (C=O) groups is 2. The minimum absolute atomic E-state index is 0.0856. The Morgan fingerprint density at radius 3 is 2.55 bits per heavy atom. The van der Waals surface area contributed by atoms with Gasteiger partial charge < -0.3 is 20.9 Å². The number of rotatable bonds is 3. The van der Waals surface area contributed by atoms with Crippen LogP contribution in [-0.4, -0.2) is 41.0 Å². The smallest absolute Gasteiger partial charge is 0.314 e. The van der Waals surface area contributed by atoms with Gasteiger partial charge in [-0.05, 0) is 29.3 Å². The van der Waals surface area contributed by atoms with Crippen LogP contribution in [0.4, 0.5) is 9.18 Å². The molecule has 0 bridgehead atoms. The molecule has 0 radical (unpaired) electrons. The van der Waals surface area contributed by atoms with Gasteiger partial charge >= 0.3 is 6.03 Å². The fraction of sp³-hybridized carbons (Fsp3) is 0.200. The number of nitrogens with one attached hydrogen (secondary N) is 2. The second-order valence-corrected chi connectivity index (χ2v) is 5.22. The molecule has 4 N–H and O–H groups in total. The highest BCUT2D eigenvalue weighted by molar-refractivity contribution is 5.94. The molecule has 3 rings (SSSR count). The zero-order valence-electron chi connectivity index (χ0n) is 11.7. The van der Waals surface area contributed by atoms with E-state index < -0.39 is 6.03 Å². The summed E-state index contributed by atoms with van der Waals surface area (Å²) in [6.07, 6.45) is 1.69. The Balaban J connectivity index is 1.63. The third-order valence-electron chi connectivity index (χ3n) is 3.63. The Kier molecular flexibility index (Phi) is 3.54. The number of amides is 3. The average molecular weight is 302 g/mol. The van der Waals surface area contributed by atoms with Crippen LogP contribution in [0.1, 0.15) is 10.5 Å². The molecule has 0 unspecified atom stereocenters. The van der Waals surface area contributed by atoms with Crippen LogP contribution in [0.5, 0.6) is 0 Å². The minimum atomic E-state index is -0.482. The van der Waals surface area contributed by atoms with Crippen LogP contribution in [0.3, 0.4) is 0 Å². The van der Waals surface area contributed by atoms with Crippen molar-refractivity contribution >= 4 is 11.9 Å². The summed E-state index contributed by atoms with van der Waals surface area (Å²) in [5.41, 5.74) is 7.16. The number of hydrogen-bond donors (Lipinski definition) is 3. The van der Waals surface area contributed by atoms with Crippen LogP contribution in [-0.2, 0) is 0 Å². The first-order valence-electron chi connectivity index (χ1n) is 6.82. The van der Waals surface area contributed by atoms with Gasteiger partial charge in [0.2, 0.25) is 0 Å². The zero-order chi connectivity index (χ0) is 15.7. The van der Waals surface area contributed by atoms with Crippen molar-refractivity contribution in [2.45, 2.75) is 6.04 Å². The molecule has 0 aliphatic carbocycles. The van der Waals surface area contributed by atoms with Crippen molar-refractivity contribution in [3.63, 3.8) is 0 Å². The summed E-state index contributed by atoms with van der Waals surface area (Å²) >= 11 is 0. The average Bonchev–Trinajstić information content (AvgIpc) is 2.92. The largest absolute Gasteiger partial charge is 0.357 e. The van der Waals surface area contributed by atoms with Crippen LogP contribution in [0.25, 0.3) is 11.1 Å². The van der Waals surface area contributed by atoms with E-state index in [4.69, 9.17) is 5.73 Å². The quantitative estimate of drug-likeness (QED) is 0.798. The van der Waals surface area contributed by atoms with Crippen LogP contribution in [0.15, 0.2) is 36.5 Å². The number of hydrogen-bond acceptors (Lipinski definition) is 2. The van der Waals surface area contributed by atoms with E-state index in [1.165, 1.54) is 17.0 Å². The third-order valence-corrected chi connectivity index (χ3v) is 3.63. The second kappa shape index (κ2) is 5.51. The van der Waals surface area contributed by atoms with Crippen molar-refractivity contribution in [2.24, 2.45) is 5.73 Å². The predicted octanol–water partition coefficient (Wildman–Crippen LogP) is 1.31. The predicted molar refractivity (Wildman–Crippen MR) is 78.6 cm³/mol. The van der Waals surface area contributed by atoms with Gasteiger partial charge in [-0.2, -0.15) is 0 Å². The third kappa shape index (κ3) is 2.78. The number of urea groups is 1. The monoisotopic (exact) mass is 302 g/mol. The molecule has 1 aliphatic rings. The maximum absolute atomic E-state index is 12.9. The van der Waals surface area contributed by atoms with E-state index >= 15 is 0 Å². The molecule has 7 heteroatoms. The van der Waals surface area contributed by atoms with E-state index in [9.17, 15) is 14.0 Å². The first-order valence-corrected chi connectivity index (χ1v) is 6.82. The summed E-state index contributed by atoms with van der Waals surface area (Å²) < 4.78 is 12.9. The molecule has 1 fully saturated rings. The van der Waals surface area contributed by atoms with Gasteiger partial charge in [0.05, 0.1) is 6.04 Å². The van der Waals surface area contributed by atoms with Gasteiger partial charge in [-0.3, -0.25) is 4.79 Å². The number of aromatic nitrogens is 1. The van der Waals surface area contributed by atoms with Gasteiger partial charge in [-0.1, -0.05) is 12.1 Å². The molecular weight excluding hydrogens is 287 g/mol. The summed E-state index contributed by atoms with van der Waals surface area (Å²) in [5, 5.41) is 2.81. The fourth-order valence-corrected chi connectivity index (χ4v) is 2.35. The molecule has 1 aromatic heterocycles. The lowest BCUT2D eigenvalue weighted by Gasteiger charge is -2.38. The Morgan fingerprint density at radius 2 is 1.91 bits per heavy atom. The molecule has 0 saturated carbocycles. The van der Waals surface area contributed by atoms with Crippen molar-refractivity contribution in [1.29, 1.82) is 0 Å². The maximum atomic E-state index is 12.9. The molecule has 114 valence electrons. The SMILES string of the molecule is NC(=O)N1CC(NC(=O)c2cc(-c3ccc(F)cc3)c[nH]2)C1. The molecule has 1 saturated heterocycles. The summed E-state index contributed by atoms with van der Waals surface area (Å²) in [6, 6.07) is 7.17. The highest BCUT2D eigenvalue weighted by Gasteiger charge is 2.30. The van der Waals surface area contributed by atoms with Gasteiger partial charge in [0.25, 0.3) is 5.91 Å². The van der Waals surface area contributed by atoms with E-state index in [1.807, 2.05) is 0 Å². The summed E-state index contributed by atoms with van der Waals surface area (Å²) in [5.74, 6) is -0.552. The van der Waals surface area contributed by atoms with E-state index in [2.05, 4.69) is 10.3 Å². The highest BCUT2D eigenvalue weighted by Crippen LogP contribution is 2.20. The standard InChI is InChI=1S/C15H15FN4O2/c16-11-3-1-9(2-4-11)10-5-13(18-6-10)14(21)19-12-7-20(8-12)15(17)22/h1-6,12,18H,7-8H2,(H2,17,22)(H,19,21). The van der Waals surface area contributed by atoms with Crippen molar-refractivity contribution in [2.75, 3.05) is 13.1 Å².